The molecule has 10 heteroatoms. The number of ether oxygens (including phenoxy) is 2. The average molecular weight is 491 g/mol. The van der Waals surface area contributed by atoms with E-state index >= 15 is 0 Å². The highest BCUT2D eigenvalue weighted by molar-refractivity contribution is 6.30. The summed E-state index contributed by atoms with van der Waals surface area (Å²) in [6, 6.07) is 17.2. The van der Waals surface area contributed by atoms with Gasteiger partial charge in [-0.05, 0) is 48.0 Å². The summed E-state index contributed by atoms with van der Waals surface area (Å²) in [5, 5.41) is 4.94. The van der Waals surface area contributed by atoms with Crippen molar-refractivity contribution in [2.75, 3.05) is 14.2 Å². The summed E-state index contributed by atoms with van der Waals surface area (Å²) in [4.78, 5) is 33.0. The molecule has 0 spiro atoms. The second kappa shape index (κ2) is 9.11. The Kier molecular flexibility index (Phi) is 5.84. The van der Waals surface area contributed by atoms with Crippen molar-refractivity contribution < 1.29 is 14.0 Å². The molecule has 2 heterocycles. The lowest BCUT2D eigenvalue weighted by atomic mass is 10.1. The lowest BCUT2D eigenvalue weighted by Crippen LogP contribution is -2.35. The standard InChI is InChI=1S/C25H19ClN4O5/c1-33-17-7-9-19(21(12-17)34-2)22-28-23(35-29-22)15-6-8-18-20(11-15)27-25(32)30(24(18)31)13-14-4-3-5-16(26)10-14/h3-12H,13H2,1-2H3,(H,27,32). The highest BCUT2D eigenvalue weighted by atomic mass is 35.5. The van der Waals surface area contributed by atoms with Gasteiger partial charge in [-0.1, -0.05) is 28.9 Å². The van der Waals surface area contributed by atoms with E-state index in [-0.39, 0.29) is 12.4 Å². The number of aromatic nitrogens is 4. The molecule has 0 unspecified atom stereocenters. The van der Waals surface area contributed by atoms with E-state index in [0.29, 0.717) is 44.4 Å². The Morgan fingerprint density at radius 2 is 1.89 bits per heavy atom. The maximum atomic E-state index is 13.0. The predicted molar refractivity (Wildman–Crippen MR) is 131 cm³/mol. The van der Waals surface area contributed by atoms with Gasteiger partial charge in [-0.25, -0.2) is 4.79 Å². The molecule has 1 N–H and O–H groups in total. The van der Waals surface area contributed by atoms with Crippen molar-refractivity contribution >= 4 is 22.5 Å². The molecule has 0 saturated carbocycles. The molecule has 0 atom stereocenters. The Morgan fingerprint density at radius 1 is 1.03 bits per heavy atom. The maximum Gasteiger partial charge on any atom is 0.329 e. The van der Waals surface area contributed by atoms with Crippen LogP contribution in [-0.4, -0.2) is 33.9 Å². The number of nitrogens with one attached hydrogen (secondary N) is 1. The highest BCUT2D eigenvalue weighted by Gasteiger charge is 2.17. The minimum absolute atomic E-state index is 0.100. The zero-order valence-electron chi connectivity index (χ0n) is 18.7. The number of methoxy groups -OCH3 is 2. The number of H-pyrrole nitrogens is 1. The fourth-order valence-corrected chi connectivity index (χ4v) is 4.00. The summed E-state index contributed by atoms with van der Waals surface area (Å²) in [6.07, 6.45) is 0. The molecule has 0 amide bonds. The minimum Gasteiger partial charge on any atom is -0.497 e. The molecular weight excluding hydrogens is 472 g/mol. The average Bonchev–Trinajstić information content (AvgIpc) is 3.36. The third-order valence-corrected chi connectivity index (χ3v) is 5.77. The van der Waals surface area contributed by atoms with Gasteiger partial charge in [0.15, 0.2) is 0 Å². The van der Waals surface area contributed by atoms with Crippen molar-refractivity contribution in [1.29, 1.82) is 0 Å². The van der Waals surface area contributed by atoms with E-state index in [1.54, 1.807) is 67.8 Å². The van der Waals surface area contributed by atoms with Gasteiger partial charge >= 0.3 is 5.69 Å². The minimum atomic E-state index is -0.534. The number of aromatic amines is 1. The summed E-state index contributed by atoms with van der Waals surface area (Å²) in [5.41, 5.74) is 1.33. The molecule has 5 aromatic rings. The summed E-state index contributed by atoms with van der Waals surface area (Å²) in [7, 11) is 3.11. The molecule has 9 nitrogen and oxygen atoms in total. The van der Waals surface area contributed by atoms with Crippen molar-refractivity contribution in [3.05, 3.63) is 92.1 Å². The number of hydrogen-bond acceptors (Lipinski definition) is 7. The molecule has 3 aromatic carbocycles. The molecule has 0 aliphatic heterocycles. The zero-order chi connectivity index (χ0) is 24.5. The number of benzene rings is 3. The van der Waals surface area contributed by atoms with Crippen LogP contribution < -0.4 is 20.7 Å². The number of fused-ring (bicyclic) bond motifs is 1. The maximum absolute atomic E-state index is 13.0. The van der Waals surface area contributed by atoms with Gasteiger partial charge in [0.05, 0.1) is 37.2 Å². The molecule has 0 aliphatic carbocycles. The van der Waals surface area contributed by atoms with Crippen LogP contribution in [-0.2, 0) is 6.54 Å². The highest BCUT2D eigenvalue weighted by Crippen LogP contribution is 2.33. The first-order valence-corrected chi connectivity index (χ1v) is 10.9. The molecule has 0 bridgehead atoms. The number of halogens is 1. The first-order valence-electron chi connectivity index (χ1n) is 10.5. The van der Waals surface area contributed by atoms with Gasteiger partial charge in [0.2, 0.25) is 5.82 Å². The van der Waals surface area contributed by atoms with Crippen LogP contribution in [0.3, 0.4) is 0 Å². The molecule has 176 valence electrons. The van der Waals surface area contributed by atoms with Crippen LogP contribution in [0.25, 0.3) is 33.7 Å². The molecule has 0 aliphatic rings. The van der Waals surface area contributed by atoms with Crippen LogP contribution in [0.1, 0.15) is 5.56 Å². The molecule has 0 fully saturated rings. The second-order valence-electron chi connectivity index (χ2n) is 7.70. The van der Waals surface area contributed by atoms with Gasteiger partial charge in [-0.2, -0.15) is 4.98 Å². The monoisotopic (exact) mass is 490 g/mol. The normalized spacial score (nSPS) is 11.1. The van der Waals surface area contributed by atoms with Crippen molar-refractivity contribution in [3.63, 3.8) is 0 Å². The number of rotatable bonds is 6. The second-order valence-corrected chi connectivity index (χ2v) is 8.14. The lowest BCUT2D eigenvalue weighted by Gasteiger charge is -2.08. The Morgan fingerprint density at radius 3 is 2.66 bits per heavy atom. The van der Waals surface area contributed by atoms with E-state index in [9.17, 15) is 9.59 Å². The van der Waals surface area contributed by atoms with Gasteiger partial charge in [-0.15, -0.1) is 0 Å². The number of hydrogen-bond donors (Lipinski definition) is 1. The Hall–Kier alpha value is -4.37. The third kappa shape index (κ3) is 4.29. The van der Waals surface area contributed by atoms with E-state index in [1.165, 1.54) is 7.11 Å². The molecule has 2 aromatic heterocycles. The zero-order valence-corrected chi connectivity index (χ0v) is 19.5. The van der Waals surface area contributed by atoms with Gasteiger partial charge in [0, 0.05) is 16.7 Å². The van der Waals surface area contributed by atoms with Crippen LogP contribution in [0.2, 0.25) is 5.02 Å². The molecule has 0 radical (unpaired) electrons. The Balaban J connectivity index is 1.51. The Labute approximate surface area is 203 Å². The summed E-state index contributed by atoms with van der Waals surface area (Å²) < 4.78 is 17.2. The van der Waals surface area contributed by atoms with E-state index in [0.717, 1.165) is 10.1 Å². The smallest absolute Gasteiger partial charge is 0.329 e. The van der Waals surface area contributed by atoms with E-state index in [2.05, 4.69) is 15.1 Å². The van der Waals surface area contributed by atoms with Gasteiger partial charge in [-0.3, -0.25) is 9.36 Å². The molecule has 35 heavy (non-hydrogen) atoms. The van der Waals surface area contributed by atoms with Crippen molar-refractivity contribution in [1.82, 2.24) is 19.7 Å². The fraction of sp³-hybridized carbons (Fsp3) is 0.120. The molecule has 5 rings (SSSR count). The third-order valence-electron chi connectivity index (χ3n) is 5.53. The first-order chi connectivity index (χ1) is 17.0. The van der Waals surface area contributed by atoms with Crippen molar-refractivity contribution in [2.24, 2.45) is 0 Å². The quantitative estimate of drug-likeness (QED) is 0.381. The van der Waals surface area contributed by atoms with Crippen molar-refractivity contribution in [2.45, 2.75) is 6.54 Å². The van der Waals surface area contributed by atoms with Crippen LogP contribution in [0.15, 0.2) is 74.8 Å². The SMILES string of the molecule is COc1ccc(-c2noc(-c3ccc4c(=O)n(Cc5cccc(Cl)c5)c(=O)[nH]c4c3)n2)c(OC)c1. The van der Waals surface area contributed by atoms with Crippen LogP contribution in [0.5, 0.6) is 11.5 Å². The van der Waals surface area contributed by atoms with E-state index in [1.807, 2.05) is 0 Å². The van der Waals surface area contributed by atoms with Gasteiger partial charge in [0.1, 0.15) is 11.5 Å². The van der Waals surface area contributed by atoms with Crippen LogP contribution >= 0.6 is 11.6 Å². The van der Waals surface area contributed by atoms with Gasteiger partial charge < -0.3 is 19.0 Å². The van der Waals surface area contributed by atoms with Crippen LogP contribution in [0.4, 0.5) is 0 Å². The number of nitrogens with zero attached hydrogens (tertiary/aromatic N) is 3. The Bertz CT molecular complexity index is 1670. The predicted octanol–water partition coefficient (Wildman–Crippen LogP) is 4.13. The largest absolute Gasteiger partial charge is 0.497 e. The first kappa shape index (κ1) is 22.4. The lowest BCUT2D eigenvalue weighted by molar-refractivity contribution is 0.394. The molecule has 0 saturated heterocycles. The topological polar surface area (TPSA) is 112 Å². The van der Waals surface area contributed by atoms with Crippen molar-refractivity contribution in [3.8, 4) is 34.3 Å². The van der Waals surface area contributed by atoms with E-state index in [4.69, 9.17) is 25.6 Å². The fourth-order valence-electron chi connectivity index (χ4n) is 3.78. The summed E-state index contributed by atoms with van der Waals surface area (Å²) in [6.45, 7) is 0.100. The summed E-state index contributed by atoms with van der Waals surface area (Å²) in [5.74, 6) is 1.71. The van der Waals surface area contributed by atoms with Crippen LogP contribution in [0, 0.1) is 0 Å². The van der Waals surface area contributed by atoms with Gasteiger partial charge in [0.25, 0.3) is 11.4 Å². The molecular formula is C25H19ClN4O5. The summed E-state index contributed by atoms with van der Waals surface area (Å²) >= 11 is 6.03. The van der Waals surface area contributed by atoms with E-state index < -0.39 is 11.2 Å².